The standard InChI is InChI=1S/C47H60N2O10S2/c1-28(53)25-49-40-22-31(6-5-19-51)39(21-33(40)26-52)47(48-17-3-4-18-50)59-42-24-35(55)13-8-30-10-15-41(57)46(58-2)44(30)37-14-9-29-7-12-34(54)23-38(29)45(37)43-16-11-32(42)20-36(56)27-60-61-43/h7,9-10,12,14-15,21-23,32,36,42-43,47-52,54,56-57H,3-6,8,11,13,16-20,24-27H2,1-2H3. The summed E-state index contributed by atoms with van der Waals surface area (Å²) in [6, 6.07) is 16.6. The number of hydrogen-bond acceptors (Lipinski definition) is 14. The number of fused-ring (bicyclic) bond motifs is 9. The summed E-state index contributed by atoms with van der Waals surface area (Å²) in [6.07, 6.45) is 2.30. The molecule has 0 aromatic heterocycles. The lowest BCUT2D eigenvalue weighted by atomic mass is 9.85. The van der Waals surface area contributed by atoms with Gasteiger partial charge in [0.2, 0.25) is 0 Å². The first-order valence-corrected chi connectivity index (χ1v) is 23.7. The van der Waals surface area contributed by atoms with Crippen LogP contribution < -0.4 is 15.4 Å². The molecular formula is C47H60N2O10S2. The fourth-order valence-corrected chi connectivity index (χ4v) is 11.5. The third-order valence-corrected chi connectivity index (χ3v) is 14.6. The third-order valence-electron chi connectivity index (χ3n) is 11.7. The van der Waals surface area contributed by atoms with Crippen molar-refractivity contribution in [1.82, 2.24) is 5.32 Å². The number of nitrogens with one attached hydrogen (secondary N) is 2. The Hall–Kier alpha value is -3.86. The number of anilines is 1. The van der Waals surface area contributed by atoms with E-state index in [4.69, 9.17) is 9.47 Å². The topological polar surface area (TPSA) is 198 Å². The Morgan fingerprint density at radius 2 is 1.75 bits per heavy atom. The number of unbranched alkanes of at least 4 members (excludes halogenated alkanes) is 1. The van der Waals surface area contributed by atoms with Crippen LogP contribution >= 0.6 is 21.6 Å². The van der Waals surface area contributed by atoms with Crippen molar-refractivity contribution in [3.63, 3.8) is 0 Å². The van der Waals surface area contributed by atoms with Crippen LogP contribution in [0.3, 0.4) is 0 Å². The van der Waals surface area contributed by atoms with Gasteiger partial charge in [-0.05, 0) is 140 Å². The number of phenolic OH excluding ortho intramolecular Hbond substituents is 2. The van der Waals surface area contributed by atoms with E-state index in [0.717, 1.165) is 38.6 Å². The van der Waals surface area contributed by atoms with Gasteiger partial charge >= 0.3 is 0 Å². The fourth-order valence-electron chi connectivity index (χ4n) is 8.65. The number of phenols is 2. The van der Waals surface area contributed by atoms with Gasteiger partial charge in [0, 0.05) is 53.9 Å². The van der Waals surface area contributed by atoms with Gasteiger partial charge in [-0.3, -0.25) is 14.9 Å². The number of carbonyl (C=O) groups is 2. The molecule has 5 atom stereocenters. The van der Waals surface area contributed by atoms with Gasteiger partial charge in [-0.1, -0.05) is 45.9 Å². The van der Waals surface area contributed by atoms with Crippen molar-refractivity contribution in [2.75, 3.05) is 44.5 Å². The van der Waals surface area contributed by atoms with Gasteiger partial charge in [0.25, 0.3) is 0 Å². The summed E-state index contributed by atoms with van der Waals surface area (Å²) in [5.41, 5.74) is 6.11. The van der Waals surface area contributed by atoms with Crippen molar-refractivity contribution in [3.8, 4) is 28.4 Å². The van der Waals surface area contributed by atoms with Crippen molar-refractivity contribution in [2.24, 2.45) is 5.92 Å². The summed E-state index contributed by atoms with van der Waals surface area (Å²) in [4.78, 5) is 26.3. The van der Waals surface area contributed by atoms with Gasteiger partial charge in [0.1, 0.15) is 23.5 Å². The average Bonchev–Trinajstić information content (AvgIpc) is 3.34. The van der Waals surface area contributed by atoms with Crippen molar-refractivity contribution < 1.29 is 49.7 Å². The predicted octanol–water partition coefficient (Wildman–Crippen LogP) is 7.28. The lowest BCUT2D eigenvalue weighted by Gasteiger charge is -2.34. The molecule has 0 spiro atoms. The van der Waals surface area contributed by atoms with Crippen molar-refractivity contribution in [2.45, 2.75) is 101 Å². The summed E-state index contributed by atoms with van der Waals surface area (Å²) in [5.74, 6) is 0.509. The highest BCUT2D eigenvalue weighted by Crippen LogP contribution is 2.53. The lowest BCUT2D eigenvalue weighted by molar-refractivity contribution is -0.127. The fraction of sp³-hybridized carbons (Fsp3) is 0.489. The maximum atomic E-state index is 14.4. The number of carbonyl (C=O) groups excluding carboxylic acids is 2. The molecule has 2 bridgehead atoms. The SMILES string of the molecule is COc1c(O)ccc2c1-c1ccc3ccc(O)cc3c1C1CCC(CC(O)CSS1)C(OC(NCCCCO)c1cc(CO)c(NCC(C)=O)cc1CCCO)CC(=O)CC2. The summed E-state index contributed by atoms with van der Waals surface area (Å²) >= 11 is 0. The zero-order valence-corrected chi connectivity index (χ0v) is 36.7. The highest BCUT2D eigenvalue weighted by atomic mass is 33.1. The third kappa shape index (κ3) is 11.8. The highest BCUT2D eigenvalue weighted by Gasteiger charge is 2.35. The molecule has 12 nitrogen and oxygen atoms in total. The number of aliphatic hydroxyl groups is 4. The van der Waals surface area contributed by atoms with Gasteiger partial charge in [-0.25, -0.2) is 0 Å². The molecule has 1 aliphatic heterocycles. The molecule has 0 radical (unpaired) electrons. The number of hydrogen-bond donors (Lipinski definition) is 8. The van der Waals surface area contributed by atoms with Gasteiger partial charge in [0.15, 0.2) is 11.5 Å². The van der Waals surface area contributed by atoms with E-state index in [-0.39, 0.29) is 73.4 Å². The number of rotatable bonds is 16. The minimum Gasteiger partial charge on any atom is -0.508 e. The van der Waals surface area contributed by atoms with Gasteiger partial charge in [0.05, 0.1) is 32.5 Å². The van der Waals surface area contributed by atoms with Crippen LogP contribution in [0.25, 0.3) is 21.9 Å². The largest absolute Gasteiger partial charge is 0.508 e. The Morgan fingerprint density at radius 1 is 0.951 bits per heavy atom. The molecule has 4 aromatic carbocycles. The number of aryl methyl sites for hydroxylation is 2. The molecular weight excluding hydrogens is 817 g/mol. The normalized spacial score (nSPS) is 20.3. The number of aromatic hydroxyl groups is 2. The first-order chi connectivity index (χ1) is 29.5. The molecule has 0 saturated carbocycles. The first-order valence-electron chi connectivity index (χ1n) is 21.3. The molecule has 1 fully saturated rings. The maximum Gasteiger partial charge on any atom is 0.168 e. The van der Waals surface area contributed by atoms with E-state index >= 15 is 0 Å². The number of aliphatic hydroxyl groups excluding tert-OH is 4. The molecule has 61 heavy (non-hydrogen) atoms. The van der Waals surface area contributed by atoms with E-state index in [9.17, 15) is 40.2 Å². The Labute approximate surface area is 365 Å². The second-order valence-corrected chi connectivity index (χ2v) is 18.7. The smallest absolute Gasteiger partial charge is 0.168 e. The van der Waals surface area contributed by atoms with E-state index in [1.165, 1.54) is 14.0 Å². The number of methoxy groups -OCH3 is 1. The van der Waals surface area contributed by atoms with Crippen LogP contribution in [0.1, 0.15) is 97.6 Å². The Balaban J connectivity index is 1.48. The molecule has 4 aromatic rings. The number of ether oxygens (including phenoxy) is 2. The minimum absolute atomic E-state index is 0.0186. The predicted molar refractivity (Wildman–Crippen MR) is 242 cm³/mol. The van der Waals surface area contributed by atoms with Crippen molar-refractivity contribution in [3.05, 3.63) is 82.4 Å². The molecule has 5 unspecified atom stereocenters. The first kappa shape index (κ1) is 46.6. The Kier molecular flexibility index (Phi) is 17.2. The van der Waals surface area contributed by atoms with Crippen LogP contribution in [0.4, 0.5) is 5.69 Å². The average molecular weight is 877 g/mol. The lowest BCUT2D eigenvalue weighted by Crippen LogP contribution is -2.36. The minimum atomic E-state index is -0.766. The molecule has 1 saturated heterocycles. The van der Waals surface area contributed by atoms with Crippen molar-refractivity contribution in [1.29, 1.82) is 0 Å². The van der Waals surface area contributed by atoms with Gasteiger partial charge in [-0.15, -0.1) is 0 Å². The van der Waals surface area contributed by atoms with Crippen LogP contribution in [0.15, 0.2) is 54.6 Å². The van der Waals surface area contributed by atoms with Crippen LogP contribution in [-0.4, -0.2) is 93.6 Å². The molecule has 1 aliphatic carbocycles. The Morgan fingerprint density at radius 3 is 2.51 bits per heavy atom. The van der Waals surface area contributed by atoms with Gasteiger partial charge < -0.3 is 45.4 Å². The van der Waals surface area contributed by atoms with Gasteiger partial charge in [-0.2, -0.15) is 0 Å². The molecule has 6 rings (SSSR count). The van der Waals surface area contributed by atoms with E-state index in [1.54, 1.807) is 39.8 Å². The Bertz CT molecular complexity index is 2130. The van der Waals surface area contributed by atoms with E-state index < -0.39 is 18.4 Å². The highest BCUT2D eigenvalue weighted by molar-refractivity contribution is 8.76. The van der Waals surface area contributed by atoms with Crippen LogP contribution in [-0.2, 0) is 33.8 Å². The second kappa shape index (κ2) is 22.5. The zero-order valence-electron chi connectivity index (χ0n) is 35.0. The van der Waals surface area contributed by atoms with Crippen molar-refractivity contribution >= 4 is 49.6 Å². The molecule has 14 heteroatoms. The number of Topliss-reactive ketones (excluding diaryl/α,β-unsaturated/α-hetero) is 2. The summed E-state index contributed by atoms with van der Waals surface area (Å²) < 4.78 is 13.1. The molecule has 8 N–H and O–H groups in total. The molecule has 1 heterocycles. The summed E-state index contributed by atoms with van der Waals surface area (Å²) in [7, 11) is 4.78. The quantitative estimate of drug-likeness (QED) is 0.0318. The van der Waals surface area contributed by atoms with Crippen LogP contribution in [0.5, 0.6) is 17.2 Å². The van der Waals surface area contributed by atoms with E-state index in [1.807, 2.05) is 36.4 Å². The maximum absolute atomic E-state index is 14.4. The summed E-state index contributed by atoms with van der Waals surface area (Å²) in [5, 5.41) is 72.0. The van der Waals surface area contributed by atoms with E-state index in [2.05, 4.69) is 10.6 Å². The second-order valence-electron chi connectivity index (χ2n) is 16.1. The number of ketones is 2. The van der Waals surface area contributed by atoms with E-state index in [0.29, 0.717) is 86.2 Å². The monoisotopic (exact) mass is 876 g/mol. The molecule has 330 valence electrons. The van der Waals surface area contributed by atoms with Crippen LogP contribution in [0.2, 0.25) is 0 Å². The molecule has 0 amide bonds. The van der Waals surface area contributed by atoms with Crippen LogP contribution in [0, 0.1) is 5.92 Å². The molecule has 2 aliphatic rings. The summed E-state index contributed by atoms with van der Waals surface area (Å²) in [6.45, 7) is 1.72. The number of benzene rings is 4. The zero-order chi connectivity index (χ0) is 43.5.